The topological polar surface area (TPSA) is 36.1 Å². The first-order valence-corrected chi connectivity index (χ1v) is 9.44. The highest BCUT2D eigenvalue weighted by molar-refractivity contribution is 6.11. The van der Waals surface area contributed by atoms with Gasteiger partial charge in [-0.2, -0.15) is 0 Å². The van der Waals surface area contributed by atoms with E-state index in [2.05, 4.69) is 28.2 Å². The molecule has 2 aliphatic rings. The lowest BCUT2D eigenvalue weighted by Gasteiger charge is -2.29. The summed E-state index contributed by atoms with van der Waals surface area (Å²) in [6.07, 6.45) is 8.21. The molecule has 0 amide bonds. The second-order valence-corrected chi connectivity index (χ2v) is 7.38. The highest BCUT2D eigenvalue weighted by atomic mass is 16.1. The Labute approximate surface area is 153 Å². The van der Waals surface area contributed by atoms with E-state index in [4.69, 9.17) is 0 Å². The van der Waals surface area contributed by atoms with E-state index in [9.17, 15) is 4.79 Å². The van der Waals surface area contributed by atoms with Gasteiger partial charge >= 0.3 is 0 Å². The van der Waals surface area contributed by atoms with Gasteiger partial charge in [-0.3, -0.25) is 9.69 Å². The molecule has 130 valence electrons. The zero-order valence-corrected chi connectivity index (χ0v) is 14.7. The zero-order valence-electron chi connectivity index (χ0n) is 14.7. The largest absolute Gasteiger partial charge is 0.361 e. The Bertz CT molecular complexity index is 999. The van der Waals surface area contributed by atoms with Gasteiger partial charge in [0.1, 0.15) is 0 Å². The van der Waals surface area contributed by atoms with Gasteiger partial charge in [0, 0.05) is 46.4 Å². The predicted molar refractivity (Wildman–Crippen MR) is 105 cm³/mol. The lowest BCUT2D eigenvalue weighted by Crippen LogP contribution is -2.32. The number of aromatic nitrogens is 1. The van der Waals surface area contributed by atoms with Gasteiger partial charge in [-0.25, -0.2) is 0 Å². The number of nitrogens with zero attached hydrogens (tertiary/aromatic N) is 1. The van der Waals surface area contributed by atoms with Crippen LogP contribution >= 0.6 is 0 Å². The summed E-state index contributed by atoms with van der Waals surface area (Å²) in [5.41, 5.74) is 5.27. The third kappa shape index (κ3) is 2.60. The smallest absolute Gasteiger partial charge is 0.193 e. The van der Waals surface area contributed by atoms with Gasteiger partial charge in [-0.05, 0) is 49.6 Å². The highest BCUT2D eigenvalue weighted by Gasteiger charge is 2.28. The fraction of sp³-hybridized carbons (Fsp3) is 0.261. The van der Waals surface area contributed by atoms with E-state index in [0.29, 0.717) is 6.04 Å². The zero-order chi connectivity index (χ0) is 17.5. The number of aromatic amines is 1. The van der Waals surface area contributed by atoms with Crippen molar-refractivity contribution in [3.8, 4) is 0 Å². The number of rotatable bonds is 3. The lowest BCUT2D eigenvalue weighted by atomic mass is 9.93. The summed E-state index contributed by atoms with van der Waals surface area (Å²) in [5, 5.41) is 1.16. The fourth-order valence-electron chi connectivity index (χ4n) is 4.43. The summed E-state index contributed by atoms with van der Waals surface area (Å²) < 4.78 is 0. The van der Waals surface area contributed by atoms with Crippen molar-refractivity contribution in [2.24, 2.45) is 0 Å². The number of hydrogen-bond donors (Lipinski definition) is 1. The Morgan fingerprint density at radius 3 is 2.85 bits per heavy atom. The van der Waals surface area contributed by atoms with Crippen molar-refractivity contribution in [2.45, 2.75) is 25.3 Å². The third-order valence-electron chi connectivity index (χ3n) is 5.85. The van der Waals surface area contributed by atoms with E-state index in [-0.39, 0.29) is 5.78 Å². The number of carbonyl (C=O) groups is 1. The molecule has 3 heteroatoms. The van der Waals surface area contributed by atoms with Crippen molar-refractivity contribution in [2.75, 3.05) is 13.1 Å². The first kappa shape index (κ1) is 15.6. The van der Waals surface area contributed by atoms with E-state index in [0.717, 1.165) is 35.0 Å². The molecule has 2 aliphatic heterocycles. The molecule has 26 heavy (non-hydrogen) atoms. The third-order valence-corrected chi connectivity index (χ3v) is 5.85. The average molecular weight is 342 g/mol. The molecule has 0 bridgehead atoms. The van der Waals surface area contributed by atoms with Gasteiger partial charge in [-0.15, -0.1) is 0 Å². The predicted octanol–water partition coefficient (Wildman–Crippen LogP) is 4.65. The van der Waals surface area contributed by atoms with Crippen molar-refractivity contribution in [3.05, 3.63) is 77.5 Å². The van der Waals surface area contributed by atoms with Gasteiger partial charge in [0.05, 0.1) is 0 Å². The van der Waals surface area contributed by atoms with E-state index < -0.39 is 0 Å². The molecule has 3 aromatic rings. The summed E-state index contributed by atoms with van der Waals surface area (Å²) >= 11 is 0. The van der Waals surface area contributed by atoms with Gasteiger partial charge in [0.2, 0.25) is 0 Å². The summed E-state index contributed by atoms with van der Waals surface area (Å²) in [6.45, 7) is 2.29. The summed E-state index contributed by atoms with van der Waals surface area (Å²) in [5.74, 6) is 0.0826. The Hall–Kier alpha value is -2.65. The van der Waals surface area contributed by atoms with Gasteiger partial charge < -0.3 is 4.98 Å². The molecule has 0 unspecified atom stereocenters. The summed E-state index contributed by atoms with van der Waals surface area (Å²) in [6, 6.07) is 16.2. The maximum atomic E-state index is 12.8. The first-order chi connectivity index (χ1) is 12.8. The van der Waals surface area contributed by atoms with Gasteiger partial charge in [0.15, 0.2) is 5.78 Å². The van der Waals surface area contributed by atoms with E-state index in [1.165, 1.54) is 30.5 Å². The summed E-state index contributed by atoms with van der Waals surface area (Å²) in [4.78, 5) is 18.8. The van der Waals surface area contributed by atoms with Crippen LogP contribution in [0.15, 0.2) is 60.8 Å². The molecule has 0 aliphatic carbocycles. The van der Waals surface area contributed by atoms with Crippen molar-refractivity contribution >= 4 is 22.3 Å². The monoisotopic (exact) mass is 342 g/mol. The van der Waals surface area contributed by atoms with Gasteiger partial charge in [-0.1, -0.05) is 36.4 Å². The fourth-order valence-corrected chi connectivity index (χ4v) is 4.43. The van der Waals surface area contributed by atoms with Gasteiger partial charge in [0.25, 0.3) is 0 Å². The van der Waals surface area contributed by atoms with Crippen LogP contribution < -0.4 is 0 Å². The lowest BCUT2D eigenvalue weighted by molar-refractivity contribution is 0.103. The molecule has 2 aromatic carbocycles. The molecule has 5 rings (SSSR count). The molecular weight excluding hydrogens is 320 g/mol. The van der Waals surface area contributed by atoms with E-state index in [1.54, 1.807) is 0 Å². The van der Waals surface area contributed by atoms with Crippen LogP contribution in [0.25, 0.3) is 16.5 Å². The maximum absolute atomic E-state index is 12.8. The second kappa shape index (κ2) is 6.26. The van der Waals surface area contributed by atoms with Crippen molar-refractivity contribution in [1.29, 1.82) is 0 Å². The minimum atomic E-state index is 0.0826. The molecule has 1 aromatic heterocycles. The molecule has 1 saturated heterocycles. The number of benzene rings is 2. The Morgan fingerprint density at radius 1 is 1.08 bits per heavy atom. The number of hydrogen-bond acceptors (Lipinski definition) is 2. The Morgan fingerprint density at radius 2 is 1.96 bits per heavy atom. The number of fused-ring (bicyclic) bond motifs is 2. The summed E-state index contributed by atoms with van der Waals surface area (Å²) in [7, 11) is 0. The Balaban J connectivity index is 1.53. The van der Waals surface area contributed by atoms with Crippen LogP contribution in [0.5, 0.6) is 0 Å². The molecule has 3 nitrogen and oxygen atoms in total. The number of nitrogens with one attached hydrogen (secondary N) is 1. The molecule has 1 atom stereocenters. The highest BCUT2D eigenvalue weighted by Crippen LogP contribution is 2.35. The molecule has 1 N–H and O–H groups in total. The van der Waals surface area contributed by atoms with Crippen LogP contribution in [-0.2, 0) is 0 Å². The van der Waals surface area contributed by atoms with Crippen LogP contribution in [0.3, 0.4) is 0 Å². The minimum absolute atomic E-state index is 0.0826. The maximum Gasteiger partial charge on any atom is 0.193 e. The molecular formula is C23H22N2O. The van der Waals surface area contributed by atoms with E-state index in [1.807, 2.05) is 42.5 Å². The molecule has 0 radical (unpaired) electrons. The standard InChI is InChI=1S/C23H22N2O/c26-23(16-5-2-1-3-6-16)18-8-9-22-20(14-18)21(15-24-22)17-10-12-25-11-4-7-19(25)13-17/h1-3,5-6,8-10,14-15,19,24H,4,7,11-13H2/t19-/m0/s1. The second-order valence-electron chi connectivity index (χ2n) is 7.38. The number of carbonyl (C=O) groups excluding carboxylic acids is 1. The Kier molecular flexibility index (Phi) is 3.75. The van der Waals surface area contributed by atoms with Crippen LogP contribution in [0.4, 0.5) is 0 Å². The van der Waals surface area contributed by atoms with Crippen LogP contribution in [0.2, 0.25) is 0 Å². The van der Waals surface area contributed by atoms with Crippen molar-refractivity contribution in [3.63, 3.8) is 0 Å². The van der Waals surface area contributed by atoms with Crippen LogP contribution in [0, 0.1) is 0 Å². The normalized spacial score (nSPS) is 20.2. The van der Waals surface area contributed by atoms with E-state index >= 15 is 0 Å². The first-order valence-electron chi connectivity index (χ1n) is 9.44. The van der Waals surface area contributed by atoms with Crippen molar-refractivity contribution < 1.29 is 4.79 Å². The molecule has 3 heterocycles. The molecule has 0 spiro atoms. The minimum Gasteiger partial charge on any atom is -0.361 e. The molecule has 0 saturated carbocycles. The molecule has 1 fully saturated rings. The average Bonchev–Trinajstić information content (AvgIpc) is 3.33. The van der Waals surface area contributed by atoms with Crippen LogP contribution in [-0.4, -0.2) is 34.8 Å². The quantitative estimate of drug-likeness (QED) is 0.703. The number of ketones is 1. The number of H-pyrrole nitrogens is 1. The van der Waals surface area contributed by atoms with Crippen LogP contribution in [0.1, 0.15) is 40.7 Å². The SMILES string of the molecule is O=C(c1ccccc1)c1ccc2[nH]cc(C3=CCN4CCC[C@H]4C3)c2c1. The van der Waals surface area contributed by atoms with Crippen molar-refractivity contribution in [1.82, 2.24) is 9.88 Å².